The molecule has 1 atom stereocenters. The van der Waals surface area contributed by atoms with Gasteiger partial charge in [-0.05, 0) is 103 Å². The average molecular weight is 741 g/mol. The van der Waals surface area contributed by atoms with E-state index < -0.39 is 39.1 Å². The number of carbonyl (C=O) groups excluding carboxylic acids is 2. The Labute approximate surface area is 296 Å². The lowest BCUT2D eigenvalue weighted by Gasteiger charge is -2.28. The summed E-state index contributed by atoms with van der Waals surface area (Å²) >= 11 is 0. The lowest BCUT2D eigenvalue weighted by atomic mass is 9.93. The van der Waals surface area contributed by atoms with Gasteiger partial charge < -0.3 is 26.4 Å². The maximum Gasteiger partial charge on any atom is 0.490 e. The van der Waals surface area contributed by atoms with Crippen LogP contribution >= 0.6 is 0 Å². The van der Waals surface area contributed by atoms with Gasteiger partial charge in [0, 0.05) is 47.8 Å². The van der Waals surface area contributed by atoms with Gasteiger partial charge in [0.1, 0.15) is 11.9 Å². The number of likely N-dealkylation sites (N-methyl/N-ethyl adjacent to an activating group) is 1. The van der Waals surface area contributed by atoms with Crippen LogP contribution in [0.3, 0.4) is 0 Å². The second-order valence-electron chi connectivity index (χ2n) is 13.3. The van der Waals surface area contributed by atoms with E-state index in [1.54, 1.807) is 43.4 Å². The Kier molecular flexibility index (Phi) is 9.92. The predicted molar refractivity (Wildman–Crippen MR) is 187 cm³/mol. The van der Waals surface area contributed by atoms with Crippen molar-refractivity contribution in [1.29, 1.82) is 0 Å². The lowest BCUT2D eigenvalue weighted by Crippen LogP contribution is -2.35. The summed E-state index contributed by atoms with van der Waals surface area (Å²) in [6.07, 6.45) is -0.961. The molecule has 2 aliphatic carbocycles. The maximum atomic E-state index is 14.8. The van der Waals surface area contributed by atoms with Crippen LogP contribution in [0.2, 0.25) is 0 Å². The van der Waals surface area contributed by atoms with Gasteiger partial charge in [0.2, 0.25) is 11.8 Å². The van der Waals surface area contributed by atoms with Crippen LogP contribution in [-0.4, -0.2) is 54.7 Å². The molecule has 0 spiro atoms. The number of halogens is 4. The highest BCUT2D eigenvalue weighted by atomic mass is 32.2. The number of rotatable bonds is 5. The number of fused-ring (bicyclic) bond motifs is 5. The molecule has 10 nitrogen and oxygen atoms in total. The number of hydrogen-bond donors (Lipinski definition) is 4. The summed E-state index contributed by atoms with van der Waals surface area (Å²) in [4.78, 5) is 38.0. The Morgan fingerprint density at radius 1 is 0.923 bits per heavy atom. The number of carbonyl (C=O) groups is 3. The normalized spacial score (nSPS) is 18.2. The molecule has 52 heavy (non-hydrogen) atoms. The summed E-state index contributed by atoms with van der Waals surface area (Å²) in [6, 6.07) is 17.9. The highest BCUT2D eigenvalue weighted by Crippen LogP contribution is 2.43. The number of anilines is 3. The molecule has 2 fully saturated rings. The van der Waals surface area contributed by atoms with E-state index >= 15 is 0 Å². The molecule has 0 saturated heterocycles. The van der Waals surface area contributed by atoms with Crippen LogP contribution in [0.4, 0.5) is 34.6 Å². The van der Waals surface area contributed by atoms with Crippen LogP contribution in [-0.2, 0) is 37.2 Å². The molecule has 4 aromatic rings. The average Bonchev–Trinajstić information content (AvgIpc) is 4.01. The predicted octanol–water partition coefficient (Wildman–Crippen LogP) is 6.70. The third kappa shape index (κ3) is 7.98. The van der Waals surface area contributed by atoms with Crippen LogP contribution in [0.5, 0.6) is 0 Å². The fraction of sp³-hybridized carbons (Fsp3) is 0.324. The molecule has 0 unspecified atom stereocenters. The molecule has 3 aliphatic rings. The largest absolute Gasteiger partial charge is 0.490 e. The van der Waals surface area contributed by atoms with Crippen LogP contribution < -0.4 is 16.4 Å². The number of sulfone groups is 1. The zero-order chi connectivity index (χ0) is 37.5. The van der Waals surface area contributed by atoms with Gasteiger partial charge in [0.25, 0.3) is 0 Å². The second kappa shape index (κ2) is 14.1. The Hall–Kier alpha value is -5.18. The Morgan fingerprint density at radius 3 is 2.29 bits per heavy atom. The summed E-state index contributed by atoms with van der Waals surface area (Å²) in [5.74, 6) is -3.18. The van der Waals surface area contributed by atoms with Crippen molar-refractivity contribution in [2.45, 2.75) is 73.4 Å². The van der Waals surface area contributed by atoms with Gasteiger partial charge in [-0.2, -0.15) is 13.2 Å². The van der Waals surface area contributed by atoms with Gasteiger partial charge in [-0.3, -0.25) is 9.59 Å². The smallest absolute Gasteiger partial charge is 0.475 e. The van der Waals surface area contributed by atoms with Gasteiger partial charge in [-0.25, -0.2) is 17.6 Å². The molecule has 2 amide bonds. The number of nitrogens with one attached hydrogen (secondary N) is 2. The molecular weight excluding hydrogens is 704 g/mol. The number of amides is 2. The van der Waals surface area contributed by atoms with Crippen molar-refractivity contribution in [2.75, 3.05) is 23.4 Å². The summed E-state index contributed by atoms with van der Waals surface area (Å²) in [5, 5.41) is 13.9. The third-order valence-electron chi connectivity index (χ3n) is 9.33. The second-order valence-corrected chi connectivity index (χ2v) is 15.5. The quantitative estimate of drug-likeness (QED) is 0.130. The number of benzene rings is 4. The minimum Gasteiger partial charge on any atom is -0.475 e. The molecule has 274 valence electrons. The van der Waals surface area contributed by atoms with Crippen molar-refractivity contribution in [1.82, 2.24) is 4.90 Å². The van der Waals surface area contributed by atoms with Crippen molar-refractivity contribution in [3.63, 3.8) is 0 Å². The van der Waals surface area contributed by atoms with Gasteiger partial charge in [-0.1, -0.05) is 24.3 Å². The SMILES string of the molecule is CN1Cc2cc(ccc2S(=O)(=O)C2CC2)NC(=O)CCc2cc(ccc2C2CC2)[C@@H](Nc2ccc3c(N)ccc(F)c3c2)C1=O.O=C(O)C(F)(F)F. The first kappa shape index (κ1) is 36.6. The van der Waals surface area contributed by atoms with Crippen molar-refractivity contribution in [3.05, 3.63) is 94.8 Å². The molecule has 2 saturated carbocycles. The Morgan fingerprint density at radius 2 is 1.63 bits per heavy atom. The monoisotopic (exact) mass is 740 g/mol. The number of nitrogen functional groups attached to an aromatic ring is 1. The Balaban J connectivity index is 0.000000604. The summed E-state index contributed by atoms with van der Waals surface area (Å²) in [6.45, 7) is 0.0118. The number of alkyl halides is 3. The lowest BCUT2D eigenvalue weighted by molar-refractivity contribution is -0.192. The van der Waals surface area contributed by atoms with Crippen LogP contribution in [0.15, 0.2) is 71.6 Å². The Bertz CT molecular complexity index is 2180. The van der Waals surface area contributed by atoms with Crippen molar-refractivity contribution >= 4 is 55.5 Å². The van der Waals surface area contributed by atoms with E-state index in [4.69, 9.17) is 15.6 Å². The van der Waals surface area contributed by atoms with E-state index in [-0.39, 0.29) is 29.7 Å². The first-order valence-electron chi connectivity index (χ1n) is 16.6. The summed E-state index contributed by atoms with van der Waals surface area (Å²) in [7, 11) is -1.94. The van der Waals surface area contributed by atoms with Crippen molar-refractivity contribution < 1.29 is 45.5 Å². The fourth-order valence-electron chi connectivity index (χ4n) is 6.34. The number of aliphatic carboxylic acids is 1. The summed E-state index contributed by atoms with van der Waals surface area (Å²) < 4.78 is 73.3. The van der Waals surface area contributed by atoms with Crippen LogP contribution in [0.1, 0.15) is 66.3 Å². The van der Waals surface area contributed by atoms with Crippen molar-refractivity contribution in [2.24, 2.45) is 0 Å². The molecule has 4 aromatic carbocycles. The zero-order valence-electron chi connectivity index (χ0n) is 28.0. The maximum absolute atomic E-state index is 14.8. The molecule has 15 heteroatoms. The van der Waals surface area contributed by atoms with E-state index in [9.17, 15) is 35.6 Å². The third-order valence-corrected chi connectivity index (χ3v) is 11.7. The standard InChI is InChI=1S/C35H35FN4O4S.C2HF3O2/c1-40-19-23-17-24(7-14-32(23)45(43,44)26-8-9-26)38-33(41)15-5-21-16-22(4-10-27(21)20-2-3-20)34(35(40)42)39-25-6-11-28-29(18-25)30(36)12-13-31(28)37;3-2(4,5)1(6)7/h4,6-7,10-14,16-18,20,26,34,39H,2-3,5,8-9,15,19,37H2,1H3,(H,38,41);(H,6,7)/t34-;/m1./s1. The number of hydrogen-bond acceptors (Lipinski definition) is 7. The van der Waals surface area contributed by atoms with Gasteiger partial charge in [-0.15, -0.1) is 0 Å². The van der Waals surface area contributed by atoms with Gasteiger partial charge in [0.15, 0.2) is 9.84 Å². The van der Waals surface area contributed by atoms with Crippen LogP contribution in [0, 0.1) is 5.82 Å². The highest BCUT2D eigenvalue weighted by Gasteiger charge is 2.39. The molecule has 7 rings (SSSR count). The van der Waals surface area contributed by atoms with Crippen LogP contribution in [0.25, 0.3) is 10.8 Å². The first-order valence-corrected chi connectivity index (χ1v) is 18.2. The molecular formula is C37H36F4N4O6S. The topological polar surface area (TPSA) is 159 Å². The van der Waals surface area contributed by atoms with E-state index in [1.807, 2.05) is 12.1 Å². The van der Waals surface area contributed by atoms with Crippen molar-refractivity contribution in [3.8, 4) is 0 Å². The molecule has 0 aromatic heterocycles. The number of nitrogens with zero attached hydrogens (tertiary/aromatic N) is 1. The number of nitrogens with two attached hydrogens (primary N) is 1. The molecule has 1 aliphatic heterocycles. The van der Waals surface area contributed by atoms with Gasteiger partial charge in [0.05, 0.1) is 10.1 Å². The molecule has 0 radical (unpaired) electrons. The number of carboxylic acid groups (broad SMARTS) is 1. The van der Waals surface area contributed by atoms with Gasteiger partial charge >= 0.3 is 12.1 Å². The molecule has 1 heterocycles. The van der Waals surface area contributed by atoms with E-state index in [2.05, 4.69) is 16.7 Å². The number of carboxylic acids is 1. The first-order chi connectivity index (χ1) is 24.5. The molecule has 4 bridgehead atoms. The van der Waals surface area contributed by atoms with E-state index in [0.717, 1.165) is 18.4 Å². The minimum absolute atomic E-state index is 0.0118. The minimum atomic E-state index is -5.08. The van der Waals surface area contributed by atoms with E-state index in [0.29, 0.717) is 64.1 Å². The van der Waals surface area contributed by atoms with E-state index in [1.165, 1.54) is 22.6 Å². The summed E-state index contributed by atoms with van der Waals surface area (Å²) in [5.41, 5.74) is 10.9. The molecule has 5 N–H and O–H groups in total. The highest BCUT2D eigenvalue weighted by molar-refractivity contribution is 7.92. The fourth-order valence-corrected chi connectivity index (χ4v) is 8.20. The zero-order valence-corrected chi connectivity index (χ0v) is 28.8. The number of aryl methyl sites for hydroxylation is 1.